The van der Waals surface area contributed by atoms with Gasteiger partial charge in [-0.15, -0.1) is 11.8 Å². The van der Waals surface area contributed by atoms with Crippen molar-refractivity contribution in [3.63, 3.8) is 0 Å². The van der Waals surface area contributed by atoms with E-state index < -0.39 is 0 Å². The fourth-order valence-corrected chi connectivity index (χ4v) is 4.33. The topological polar surface area (TPSA) is 50.8 Å². The van der Waals surface area contributed by atoms with Crippen LogP contribution in [0.15, 0.2) is 42.5 Å². The van der Waals surface area contributed by atoms with E-state index in [9.17, 15) is 4.79 Å². The molecule has 1 unspecified atom stereocenters. The highest BCUT2D eigenvalue weighted by Crippen LogP contribution is 2.41. The molecule has 0 saturated carbocycles. The quantitative estimate of drug-likeness (QED) is 0.882. The van der Waals surface area contributed by atoms with Gasteiger partial charge in [0, 0.05) is 18.0 Å². The molecule has 2 amide bonds. The van der Waals surface area contributed by atoms with Crippen molar-refractivity contribution in [2.75, 3.05) is 30.8 Å². The van der Waals surface area contributed by atoms with Gasteiger partial charge in [-0.1, -0.05) is 18.2 Å². The van der Waals surface area contributed by atoms with E-state index in [2.05, 4.69) is 5.32 Å². The van der Waals surface area contributed by atoms with Crippen molar-refractivity contribution in [1.82, 2.24) is 4.90 Å². The molecule has 2 aromatic carbocycles. The summed E-state index contributed by atoms with van der Waals surface area (Å²) in [5, 5.41) is 2.99. The van der Waals surface area contributed by atoms with Crippen LogP contribution in [-0.2, 0) is 0 Å². The maximum Gasteiger partial charge on any atom is 0.323 e. The molecule has 2 aromatic rings. The number of aryl methyl sites for hydroxylation is 1. The van der Waals surface area contributed by atoms with E-state index in [0.29, 0.717) is 13.2 Å². The molecule has 4 rings (SSSR count). The number of anilines is 1. The molecule has 2 heterocycles. The number of urea groups is 1. The van der Waals surface area contributed by atoms with Crippen LogP contribution in [0.1, 0.15) is 16.5 Å². The first-order chi connectivity index (χ1) is 12.2. The Morgan fingerprint density at radius 2 is 2.00 bits per heavy atom. The highest BCUT2D eigenvalue weighted by atomic mass is 32.2. The Balaban J connectivity index is 1.53. The first-order valence-electron chi connectivity index (χ1n) is 8.36. The van der Waals surface area contributed by atoms with Crippen LogP contribution in [0, 0.1) is 6.92 Å². The molecule has 25 heavy (non-hydrogen) atoms. The van der Waals surface area contributed by atoms with Crippen LogP contribution in [0.5, 0.6) is 11.5 Å². The van der Waals surface area contributed by atoms with Crippen LogP contribution < -0.4 is 14.8 Å². The molecule has 0 bridgehead atoms. The minimum Gasteiger partial charge on any atom is -0.486 e. The van der Waals surface area contributed by atoms with Gasteiger partial charge in [0.2, 0.25) is 0 Å². The average molecular weight is 356 g/mol. The van der Waals surface area contributed by atoms with Crippen molar-refractivity contribution >= 4 is 23.5 Å². The monoisotopic (exact) mass is 356 g/mol. The number of benzene rings is 2. The van der Waals surface area contributed by atoms with E-state index in [1.54, 1.807) is 11.8 Å². The van der Waals surface area contributed by atoms with Gasteiger partial charge >= 0.3 is 6.03 Å². The molecule has 6 heteroatoms. The number of carbonyl (C=O) groups is 1. The van der Waals surface area contributed by atoms with Crippen molar-refractivity contribution < 1.29 is 14.3 Å². The largest absolute Gasteiger partial charge is 0.486 e. The summed E-state index contributed by atoms with van der Waals surface area (Å²) < 4.78 is 11.3. The van der Waals surface area contributed by atoms with Gasteiger partial charge < -0.3 is 19.7 Å². The fourth-order valence-electron chi connectivity index (χ4n) is 3.09. The summed E-state index contributed by atoms with van der Waals surface area (Å²) in [4.78, 5) is 14.6. The van der Waals surface area contributed by atoms with Crippen LogP contribution in [0.4, 0.5) is 10.5 Å². The van der Waals surface area contributed by atoms with E-state index in [1.165, 1.54) is 0 Å². The second-order valence-corrected chi connectivity index (χ2v) is 7.31. The van der Waals surface area contributed by atoms with Crippen LogP contribution in [0.2, 0.25) is 0 Å². The van der Waals surface area contributed by atoms with Crippen LogP contribution in [0.25, 0.3) is 0 Å². The fraction of sp³-hybridized carbons (Fsp3) is 0.316. The van der Waals surface area contributed by atoms with Gasteiger partial charge in [-0.2, -0.15) is 0 Å². The van der Waals surface area contributed by atoms with Crippen molar-refractivity contribution in [1.29, 1.82) is 0 Å². The number of ether oxygens (including phenoxy) is 2. The Morgan fingerprint density at radius 3 is 2.84 bits per heavy atom. The molecule has 5 nitrogen and oxygen atoms in total. The number of carbonyl (C=O) groups excluding carboxylic acids is 1. The number of nitrogens with one attached hydrogen (secondary N) is 1. The van der Waals surface area contributed by atoms with E-state index in [-0.39, 0.29) is 11.4 Å². The second-order valence-electron chi connectivity index (χ2n) is 6.12. The lowest BCUT2D eigenvalue weighted by Gasteiger charge is -2.26. The maximum atomic E-state index is 12.7. The van der Waals surface area contributed by atoms with Crippen molar-refractivity contribution in [3.05, 3.63) is 53.6 Å². The molecule has 0 radical (unpaired) electrons. The summed E-state index contributed by atoms with van der Waals surface area (Å²) in [5.74, 6) is 2.45. The zero-order valence-electron chi connectivity index (χ0n) is 14.0. The third-order valence-electron chi connectivity index (χ3n) is 4.27. The lowest BCUT2D eigenvalue weighted by molar-refractivity contribution is 0.171. The third kappa shape index (κ3) is 3.39. The smallest absolute Gasteiger partial charge is 0.323 e. The Hall–Kier alpha value is -2.34. The molecular weight excluding hydrogens is 336 g/mol. The molecule has 2 aliphatic heterocycles. The zero-order valence-corrected chi connectivity index (χ0v) is 14.8. The molecule has 1 atom stereocenters. The van der Waals surface area contributed by atoms with Crippen molar-refractivity contribution in [3.8, 4) is 11.5 Å². The van der Waals surface area contributed by atoms with Gasteiger partial charge in [0.15, 0.2) is 11.5 Å². The Morgan fingerprint density at radius 1 is 1.16 bits per heavy atom. The number of thioether (sulfide) groups is 1. The zero-order chi connectivity index (χ0) is 17.2. The van der Waals surface area contributed by atoms with Gasteiger partial charge in [0.25, 0.3) is 0 Å². The van der Waals surface area contributed by atoms with Gasteiger partial charge in [-0.3, -0.25) is 0 Å². The highest BCUT2D eigenvalue weighted by molar-refractivity contribution is 7.99. The molecule has 1 fully saturated rings. The Labute approximate surface area is 151 Å². The number of nitrogens with zero attached hydrogens (tertiary/aromatic N) is 1. The molecule has 1 N–H and O–H groups in total. The molecule has 0 aromatic heterocycles. The number of rotatable bonds is 2. The minimum atomic E-state index is -0.0736. The maximum absolute atomic E-state index is 12.7. The van der Waals surface area contributed by atoms with E-state index >= 15 is 0 Å². The van der Waals surface area contributed by atoms with Crippen LogP contribution in [0.3, 0.4) is 0 Å². The molecule has 2 aliphatic rings. The Kier molecular flexibility index (Phi) is 4.44. The molecule has 1 saturated heterocycles. The summed E-state index contributed by atoms with van der Waals surface area (Å²) in [7, 11) is 0. The summed E-state index contributed by atoms with van der Waals surface area (Å²) in [5.41, 5.74) is 3.01. The highest BCUT2D eigenvalue weighted by Gasteiger charge is 2.31. The number of hydrogen-bond donors (Lipinski definition) is 1. The summed E-state index contributed by atoms with van der Waals surface area (Å²) in [6.07, 6.45) is 0. The molecule has 130 valence electrons. The lowest BCUT2D eigenvalue weighted by atomic mass is 10.1. The summed E-state index contributed by atoms with van der Waals surface area (Å²) in [6, 6.07) is 13.7. The minimum absolute atomic E-state index is 0.0133. The second kappa shape index (κ2) is 6.88. The molecule has 0 spiro atoms. The number of amides is 2. The first kappa shape index (κ1) is 16.1. The Bertz CT molecular complexity index is 796. The molecule has 0 aliphatic carbocycles. The predicted octanol–water partition coefficient (Wildman–Crippen LogP) is 4.05. The van der Waals surface area contributed by atoms with Gasteiger partial charge in [-0.25, -0.2) is 4.79 Å². The standard InChI is InChI=1S/C19H20N2O3S/c1-13-3-2-4-15(11-13)20-19(22)21-7-10-25-18(21)14-5-6-16-17(12-14)24-9-8-23-16/h2-6,11-12,18H,7-10H2,1H3,(H,20,22). The van der Waals surface area contributed by atoms with E-state index in [4.69, 9.17) is 9.47 Å². The van der Waals surface area contributed by atoms with Gasteiger partial charge in [0.05, 0.1) is 0 Å². The van der Waals surface area contributed by atoms with Crippen molar-refractivity contribution in [2.45, 2.75) is 12.3 Å². The van der Waals surface area contributed by atoms with Crippen LogP contribution >= 0.6 is 11.8 Å². The van der Waals surface area contributed by atoms with Crippen LogP contribution in [-0.4, -0.2) is 36.4 Å². The number of hydrogen-bond acceptors (Lipinski definition) is 4. The van der Waals surface area contributed by atoms with Crippen molar-refractivity contribution in [2.24, 2.45) is 0 Å². The number of fused-ring (bicyclic) bond motifs is 1. The average Bonchev–Trinajstić information content (AvgIpc) is 3.11. The lowest BCUT2D eigenvalue weighted by Crippen LogP contribution is -2.34. The summed E-state index contributed by atoms with van der Waals surface area (Å²) in [6.45, 7) is 3.88. The van der Waals surface area contributed by atoms with Gasteiger partial charge in [-0.05, 0) is 42.3 Å². The SMILES string of the molecule is Cc1cccc(NC(=O)N2CCSC2c2ccc3c(c2)OCCO3)c1. The van der Waals surface area contributed by atoms with Gasteiger partial charge in [0.1, 0.15) is 18.6 Å². The normalized spacial score (nSPS) is 18.9. The van der Waals surface area contributed by atoms with E-state index in [1.807, 2.05) is 54.3 Å². The van der Waals surface area contributed by atoms with E-state index in [0.717, 1.165) is 40.6 Å². The predicted molar refractivity (Wildman–Crippen MR) is 99.5 cm³/mol. The summed E-state index contributed by atoms with van der Waals surface area (Å²) >= 11 is 1.76. The first-order valence-corrected chi connectivity index (χ1v) is 9.41. The molecular formula is C19H20N2O3S. The third-order valence-corrected chi connectivity index (χ3v) is 5.53.